The lowest BCUT2D eigenvalue weighted by Gasteiger charge is -2.14. The van der Waals surface area contributed by atoms with Crippen molar-refractivity contribution in [1.29, 1.82) is 0 Å². The predicted octanol–water partition coefficient (Wildman–Crippen LogP) is 3.72. The quantitative estimate of drug-likeness (QED) is 0.116. The molecule has 0 aliphatic heterocycles. The van der Waals surface area contributed by atoms with Crippen LogP contribution in [0.3, 0.4) is 0 Å². The van der Waals surface area contributed by atoms with Crippen LogP contribution in [-0.2, 0) is 43.7 Å². The monoisotopic (exact) mass is 723 g/mol. The van der Waals surface area contributed by atoms with Crippen LogP contribution in [-0.4, -0.2) is 50.9 Å². The van der Waals surface area contributed by atoms with Crippen molar-refractivity contribution >= 4 is 65.6 Å². The van der Waals surface area contributed by atoms with Crippen molar-refractivity contribution in [3.05, 3.63) is 88.0 Å². The summed E-state index contributed by atoms with van der Waals surface area (Å²) in [6.07, 6.45) is 0.320. The molecule has 20 heteroatoms. The Morgan fingerprint density at radius 2 is 1.47 bits per heavy atom. The second kappa shape index (κ2) is 14.6. The summed E-state index contributed by atoms with van der Waals surface area (Å²) in [6, 6.07) is 16.0. The topological polar surface area (TPSA) is 242 Å². The van der Waals surface area contributed by atoms with Gasteiger partial charge in [-0.25, -0.2) is 18.1 Å². The number of aromatic nitrogens is 2. The van der Waals surface area contributed by atoms with Crippen molar-refractivity contribution in [2.45, 2.75) is 22.8 Å². The van der Waals surface area contributed by atoms with Crippen LogP contribution in [0.25, 0.3) is 11.1 Å². The molecule has 0 unspecified atom stereocenters. The van der Waals surface area contributed by atoms with E-state index in [4.69, 9.17) is 56.9 Å². The van der Waals surface area contributed by atoms with E-state index in [1.807, 2.05) is 0 Å². The van der Waals surface area contributed by atoms with E-state index in [0.717, 1.165) is 23.8 Å². The Balaban J connectivity index is 0.00000102. The molecule has 242 valence electrons. The van der Waals surface area contributed by atoms with Crippen LogP contribution < -0.4 is 20.9 Å². The molecule has 0 bridgehead atoms. The molecule has 1 heterocycles. The van der Waals surface area contributed by atoms with E-state index in [2.05, 4.69) is 14.7 Å². The smallest absolute Gasteiger partial charge is 0.394 e. The first-order valence-corrected chi connectivity index (χ1v) is 17.2. The minimum atomic E-state index is -5.03. The number of rotatable bonds is 10. The molecule has 4 aromatic rings. The van der Waals surface area contributed by atoms with Gasteiger partial charge in [-0.2, -0.15) is 21.8 Å². The molecule has 3 aromatic carbocycles. The summed E-state index contributed by atoms with van der Waals surface area (Å²) >= 11 is 12.2. The number of anilines is 2. The zero-order valence-corrected chi connectivity index (χ0v) is 26.6. The van der Waals surface area contributed by atoms with E-state index in [9.17, 15) is 20.7 Å². The summed E-state index contributed by atoms with van der Waals surface area (Å²) in [5.41, 5.74) is 14.3. The van der Waals surface area contributed by atoms with Gasteiger partial charge >= 0.3 is 20.6 Å². The lowest BCUT2D eigenvalue weighted by molar-refractivity contribution is 0.302. The first kappa shape index (κ1) is 35.9. The molecule has 0 fully saturated rings. The summed E-state index contributed by atoms with van der Waals surface area (Å²) in [5.74, 6) is 0.639. The zero-order valence-electron chi connectivity index (χ0n) is 22.6. The van der Waals surface area contributed by atoms with Gasteiger partial charge in [0.05, 0.1) is 25.5 Å². The van der Waals surface area contributed by atoms with Crippen LogP contribution in [0, 0.1) is 0 Å². The molecule has 4 rings (SSSR count). The van der Waals surface area contributed by atoms with Gasteiger partial charge in [-0.1, -0.05) is 47.5 Å². The van der Waals surface area contributed by atoms with Gasteiger partial charge in [-0.3, -0.25) is 9.11 Å². The molecule has 0 spiro atoms. The molecule has 0 aliphatic carbocycles. The van der Waals surface area contributed by atoms with E-state index >= 15 is 0 Å². The van der Waals surface area contributed by atoms with Crippen LogP contribution in [0.2, 0.25) is 10.0 Å². The van der Waals surface area contributed by atoms with E-state index < -0.39 is 35.5 Å². The third-order valence-electron chi connectivity index (χ3n) is 5.64. The number of hydrogen-bond donors (Lipinski definition) is 5. The number of sulfonamides is 1. The molecular formula is C25H24Cl2FN5O9S3. The maximum absolute atomic E-state index is 13.2. The van der Waals surface area contributed by atoms with Crippen molar-refractivity contribution in [3.63, 3.8) is 0 Å². The minimum absolute atomic E-state index is 0.0132. The predicted molar refractivity (Wildman–Crippen MR) is 165 cm³/mol. The van der Waals surface area contributed by atoms with Crippen LogP contribution in [0.15, 0.2) is 76.5 Å². The largest absolute Gasteiger partial charge is 0.487 e. The number of ether oxygens (including phenoxy) is 1. The van der Waals surface area contributed by atoms with E-state index in [0.29, 0.717) is 39.0 Å². The van der Waals surface area contributed by atoms with Crippen LogP contribution >= 0.6 is 23.2 Å². The average molecular weight is 725 g/mol. The number of nitrogen functional groups attached to an aromatic ring is 2. The number of halogens is 3. The van der Waals surface area contributed by atoms with Crippen molar-refractivity contribution < 1.29 is 43.0 Å². The third kappa shape index (κ3) is 11.0. The summed E-state index contributed by atoms with van der Waals surface area (Å²) in [6.45, 7) is 0.0287. The lowest BCUT2D eigenvalue weighted by Crippen LogP contribution is -2.26. The first-order valence-electron chi connectivity index (χ1n) is 12.2. The third-order valence-corrected chi connectivity index (χ3v) is 8.65. The zero-order chi connectivity index (χ0) is 33.6. The fraction of sp³-hybridized carbons (Fsp3) is 0.120. The summed E-state index contributed by atoms with van der Waals surface area (Å²) < 4.78 is 100. The van der Waals surface area contributed by atoms with Gasteiger partial charge in [0.15, 0.2) is 0 Å². The van der Waals surface area contributed by atoms with E-state index in [-0.39, 0.29) is 29.8 Å². The Morgan fingerprint density at radius 1 is 0.844 bits per heavy atom. The minimum Gasteiger partial charge on any atom is -0.487 e. The van der Waals surface area contributed by atoms with Crippen molar-refractivity contribution in [1.82, 2.24) is 14.7 Å². The maximum atomic E-state index is 13.2. The van der Waals surface area contributed by atoms with Crippen LogP contribution in [0.1, 0.15) is 11.3 Å². The molecule has 7 N–H and O–H groups in total. The average Bonchev–Trinajstić information content (AvgIpc) is 2.93. The summed E-state index contributed by atoms with van der Waals surface area (Å²) in [4.78, 5) is 7.20. The number of hydrogen-bond acceptors (Lipinski definition) is 11. The highest BCUT2D eigenvalue weighted by Gasteiger charge is 2.19. The van der Waals surface area contributed by atoms with Gasteiger partial charge in [0.25, 0.3) is 0 Å². The van der Waals surface area contributed by atoms with Gasteiger partial charge in [0, 0.05) is 12.1 Å². The van der Waals surface area contributed by atoms with Gasteiger partial charge < -0.3 is 16.2 Å². The molecular weight excluding hydrogens is 700 g/mol. The molecule has 14 nitrogen and oxygen atoms in total. The van der Waals surface area contributed by atoms with Crippen LogP contribution in [0.4, 0.5) is 15.7 Å². The highest BCUT2D eigenvalue weighted by molar-refractivity contribution is 7.89. The molecule has 0 aliphatic rings. The summed E-state index contributed by atoms with van der Waals surface area (Å²) in [5, 5.41) is 0.717. The lowest BCUT2D eigenvalue weighted by atomic mass is 10.0. The first-order chi connectivity index (χ1) is 20.8. The number of nitrogens with two attached hydrogens (primary N) is 2. The Bertz CT molecular complexity index is 2010. The van der Waals surface area contributed by atoms with Crippen molar-refractivity contribution in [3.8, 4) is 16.9 Å². The molecule has 45 heavy (non-hydrogen) atoms. The maximum Gasteiger partial charge on any atom is 0.394 e. The SMILES string of the molecule is Nc1nc(N)c(-c2ccc(Cl)c(Cl)c2)c(COc2ccc(CCNS(=O)(=O)c3cccc(S(=O)(=O)F)c3)cc2)n1.O=S(=O)(O)O. The van der Waals surface area contributed by atoms with Crippen molar-refractivity contribution in [2.75, 3.05) is 18.0 Å². The molecule has 0 saturated heterocycles. The van der Waals surface area contributed by atoms with Gasteiger partial charge in [0.1, 0.15) is 18.2 Å². The molecule has 0 amide bonds. The standard InChI is InChI=1S/C25H22Cl2FN5O5S2.H2O4S/c26-20-9-6-16(12-21(20)27)23-22(32-25(30)33-24(23)29)14-38-17-7-4-15(5-8-17)10-11-31-40(36,37)19-3-1-2-18(13-19)39(28,34)35;1-5(2,3)4/h1-9,12-13,31H,10-11,14H2,(H4,29,30,32,33);(H2,1,2,3,4). The highest BCUT2D eigenvalue weighted by Crippen LogP contribution is 2.33. The fourth-order valence-corrected chi connectivity index (χ4v) is 5.69. The number of nitrogens with zero attached hydrogens (tertiary/aromatic N) is 2. The van der Waals surface area contributed by atoms with E-state index in [1.165, 1.54) is 6.07 Å². The second-order valence-electron chi connectivity index (χ2n) is 8.86. The number of benzene rings is 3. The van der Waals surface area contributed by atoms with Gasteiger partial charge in [-0.15, -0.1) is 3.89 Å². The molecule has 1 aromatic heterocycles. The molecule has 0 atom stereocenters. The Kier molecular flexibility index (Phi) is 11.7. The summed E-state index contributed by atoms with van der Waals surface area (Å²) in [7, 11) is -13.8. The highest BCUT2D eigenvalue weighted by atomic mass is 35.5. The van der Waals surface area contributed by atoms with E-state index in [1.54, 1.807) is 42.5 Å². The Labute approximate surface area is 268 Å². The van der Waals surface area contributed by atoms with Crippen LogP contribution in [0.5, 0.6) is 5.75 Å². The fourth-order valence-electron chi connectivity index (χ4n) is 3.73. The Hall–Kier alpha value is -3.62. The van der Waals surface area contributed by atoms with Gasteiger partial charge in [-0.05, 0) is 60.0 Å². The second-order valence-corrected chi connectivity index (χ2v) is 13.7. The molecule has 0 radical (unpaired) electrons. The molecule has 0 saturated carbocycles. The Morgan fingerprint density at radius 3 is 2.07 bits per heavy atom. The van der Waals surface area contributed by atoms with Gasteiger partial charge in [0.2, 0.25) is 16.0 Å². The number of nitrogens with one attached hydrogen (secondary N) is 1. The van der Waals surface area contributed by atoms with Crippen molar-refractivity contribution in [2.24, 2.45) is 0 Å². The normalized spacial score (nSPS) is 11.8.